The van der Waals surface area contributed by atoms with Crippen LogP contribution in [-0.4, -0.2) is 52.5 Å². The second kappa shape index (κ2) is 8.78. The van der Waals surface area contributed by atoms with Crippen LogP contribution in [0, 0.1) is 22.7 Å². The number of nitriles is 2. The molecule has 0 saturated carbocycles. The number of thiazole rings is 1. The number of carbonyl (C=O) groups is 1. The first kappa shape index (κ1) is 22.3. The van der Waals surface area contributed by atoms with Gasteiger partial charge in [-0.05, 0) is 52.8 Å². The summed E-state index contributed by atoms with van der Waals surface area (Å²) in [6.45, 7) is 11.0. The van der Waals surface area contributed by atoms with Crippen LogP contribution in [0.15, 0.2) is 23.3 Å². The molecule has 3 rings (SSSR count). The van der Waals surface area contributed by atoms with Crippen molar-refractivity contribution in [2.24, 2.45) is 5.10 Å². The molecule has 9 nitrogen and oxygen atoms in total. The molecule has 1 amide bonds. The van der Waals surface area contributed by atoms with E-state index in [4.69, 9.17) is 20.2 Å². The molecule has 10 heteroatoms. The van der Waals surface area contributed by atoms with Crippen molar-refractivity contribution in [2.45, 2.75) is 52.3 Å². The molecule has 1 aromatic heterocycles. The Labute approximate surface area is 185 Å². The van der Waals surface area contributed by atoms with Crippen molar-refractivity contribution < 1.29 is 9.53 Å². The molecule has 0 aliphatic carbocycles. The van der Waals surface area contributed by atoms with Crippen molar-refractivity contribution in [3.05, 3.63) is 18.2 Å². The average molecular weight is 440 g/mol. The van der Waals surface area contributed by atoms with Crippen LogP contribution >= 0.6 is 11.3 Å². The van der Waals surface area contributed by atoms with Crippen LogP contribution in [-0.2, 0) is 4.74 Å². The fourth-order valence-electron chi connectivity index (χ4n) is 3.47. The van der Waals surface area contributed by atoms with Crippen molar-refractivity contribution in [2.75, 3.05) is 23.4 Å². The fraction of sp³-hybridized carbons (Fsp3) is 0.476. The van der Waals surface area contributed by atoms with Crippen molar-refractivity contribution in [3.63, 3.8) is 0 Å². The monoisotopic (exact) mass is 439 g/mol. The van der Waals surface area contributed by atoms with Crippen molar-refractivity contribution in [1.82, 2.24) is 9.88 Å². The van der Waals surface area contributed by atoms with Gasteiger partial charge in [-0.15, -0.1) is 0 Å². The van der Waals surface area contributed by atoms with Crippen molar-refractivity contribution >= 4 is 44.2 Å². The van der Waals surface area contributed by atoms with E-state index < -0.39 is 5.60 Å². The lowest BCUT2D eigenvalue weighted by Crippen LogP contribution is -2.59. The third kappa shape index (κ3) is 5.22. The first-order chi connectivity index (χ1) is 14.6. The lowest BCUT2D eigenvalue weighted by molar-refractivity contribution is 0.00566. The molecule has 0 unspecified atom stereocenters. The summed E-state index contributed by atoms with van der Waals surface area (Å²) < 4.78 is 6.53. The quantitative estimate of drug-likeness (QED) is 0.568. The smallest absolute Gasteiger partial charge is 0.410 e. The molecule has 2 aromatic rings. The van der Waals surface area contributed by atoms with Gasteiger partial charge in [0, 0.05) is 13.1 Å². The van der Waals surface area contributed by atoms with E-state index in [1.54, 1.807) is 34.4 Å². The Morgan fingerprint density at radius 2 is 1.90 bits per heavy atom. The number of benzene rings is 1. The van der Waals surface area contributed by atoms with E-state index in [2.05, 4.69) is 15.4 Å². The molecule has 1 aliphatic rings. The lowest BCUT2D eigenvalue weighted by Gasteiger charge is -2.44. The minimum Gasteiger partial charge on any atom is -0.444 e. The van der Waals surface area contributed by atoms with Gasteiger partial charge >= 0.3 is 6.09 Å². The third-order valence-corrected chi connectivity index (χ3v) is 5.76. The molecule has 0 bridgehead atoms. The summed E-state index contributed by atoms with van der Waals surface area (Å²) in [7, 11) is 0. The van der Waals surface area contributed by atoms with Gasteiger partial charge in [-0.2, -0.15) is 15.6 Å². The molecule has 31 heavy (non-hydrogen) atoms. The van der Waals surface area contributed by atoms with Gasteiger partial charge in [0.15, 0.2) is 5.13 Å². The Balaban J connectivity index is 1.76. The number of rotatable bonds is 3. The summed E-state index contributed by atoms with van der Waals surface area (Å²) in [6.07, 6.45) is -0.290. The molecule has 2 heterocycles. The number of nitrogens with zero attached hydrogens (tertiary/aromatic N) is 6. The molecule has 1 saturated heterocycles. The van der Waals surface area contributed by atoms with E-state index in [0.29, 0.717) is 18.8 Å². The van der Waals surface area contributed by atoms with E-state index in [1.165, 1.54) is 0 Å². The number of carbonyl (C=O) groups excluding carboxylic acids is 1. The zero-order valence-corrected chi connectivity index (χ0v) is 19.0. The number of nitrogens with one attached hydrogen (secondary N) is 1. The maximum absolute atomic E-state index is 12.6. The summed E-state index contributed by atoms with van der Waals surface area (Å²) in [6, 6.07) is 8.94. The van der Waals surface area contributed by atoms with Crippen LogP contribution in [0.3, 0.4) is 0 Å². The van der Waals surface area contributed by atoms with Crippen molar-refractivity contribution in [3.8, 4) is 12.1 Å². The van der Waals surface area contributed by atoms with Gasteiger partial charge in [0.05, 0.1) is 28.0 Å². The normalized spacial score (nSPS) is 18.8. The number of aromatic nitrogens is 1. The molecule has 1 fully saturated rings. The van der Waals surface area contributed by atoms with Crippen LogP contribution in [0.5, 0.6) is 0 Å². The average Bonchev–Trinajstić information content (AvgIpc) is 3.10. The summed E-state index contributed by atoms with van der Waals surface area (Å²) in [5.74, 6) is 0. The number of anilines is 2. The lowest BCUT2D eigenvalue weighted by atomic mass is 10.1. The predicted molar refractivity (Wildman–Crippen MR) is 121 cm³/mol. The van der Waals surface area contributed by atoms with Crippen LogP contribution in [0.25, 0.3) is 10.2 Å². The number of hydrogen-bond donors (Lipinski definition) is 1. The van der Waals surface area contributed by atoms with Crippen LogP contribution < -0.4 is 10.3 Å². The third-order valence-electron chi connectivity index (χ3n) is 4.68. The topological polar surface area (TPSA) is 118 Å². The van der Waals surface area contributed by atoms with Gasteiger partial charge in [-0.1, -0.05) is 11.3 Å². The number of fused-ring (bicyclic) bond motifs is 1. The zero-order chi connectivity index (χ0) is 22.8. The summed E-state index contributed by atoms with van der Waals surface area (Å²) >= 11 is 1.55. The largest absolute Gasteiger partial charge is 0.444 e. The van der Waals surface area contributed by atoms with E-state index in [-0.39, 0.29) is 23.9 Å². The van der Waals surface area contributed by atoms with Crippen LogP contribution in [0.2, 0.25) is 0 Å². The van der Waals surface area contributed by atoms with E-state index in [0.717, 1.165) is 15.3 Å². The highest BCUT2D eigenvalue weighted by Crippen LogP contribution is 2.33. The fourth-order valence-corrected chi connectivity index (χ4v) is 4.49. The first-order valence-electron chi connectivity index (χ1n) is 9.92. The molecular weight excluding hydrogens is 414 g/mol. The molecular formula is C21H25N7O2S. The Morgan fingerprint density at radius 1 is 1.26 bits per heavy atom. The number of hydrazone groups is 1. The molecule has 1 N–H and O–H groups in total. The molecule has 2 atom stereocenters. The summed E-state index contributed by atoms with van der Waals surface area (Å²) in [4.78, 5) is 21.4. The highest BCUT2D eigenvalue weighted by molar-refractivity contribution is 7.22. The minimum atomic E-state index is -0.530. The summed E-state index contributed by atoms with van der Waals surface area (Å²) in [5.41, 5.74) is 3.48. The van der Waals surface area contributed by atoms with E-state index in [1.807, 2.05) is 46.8 Å². The number of piperazine rings is 1. The molecule has 1 aliphatic heterocycles. The number of amides is 1. The maximum Gasteiger partial charge on any atom is 0.410 e. The van der Waals surface area contributed by atoms with Gasteiger partial charge in [-0.25, -0.2) is 9.78 Å². The first-order valence-corrected chi connectivity index (χ1v) is 10.7. The Morgan fingerprint density at radius 3 is 2.48 bits per heavy atom. The van der Waals surface area contributed by atoms with Gasteiger partial charge in [-0.3, -0.25) is 10.3 Å². The Bertz CT molecular complexity index is 1060. The Hall–Kier alpha value is -3.37. The highest BCUT2D eigenvalue weighted by atomic mass is 32.1. The summed E-state index contributed by atoms with van der Waals surface area (Å²) in [5, 5.41) is 22.2. The second-order valence-electron chi connectivity index (χ2n) is 8.47. The van der Waals surface area contributed by atoms with Gasteiger partial charge in [0.1, 0.15) is 17.7 Å². The number of ether oxygens (including phenoxy) is 1. The van der Waals surface area contributed by atoms with Crippen LogP contribution in [0.4, 0.5) is 15.6 Å². The van der Waals surface area contributed by atoms with Gasteiger partial charge < -0.3 is 9.64 Å². The minimum absolute atomic E-state index is 0.0208. The van der Waals surface area contributed by atoms with Crippen molar-refractivity contribution in [1.29, 1.82) is 10.5 Å². The number of hydrogen-bond acceptors (Lipinski definition) is 9. The molecule has 1 aromatic carbocycles. The Kier molecular flexibility index (Phi) is 6.32. The molecule has 162 valence electrons. The SMILES string of the molecule is C[C@@H]1CN(c2nc3ccc(NN=C(C#N)C#N)cc3s2)C[C@H](C)N1C(=O)OC(C)(C)C. The highest BCUT2D eigenvalue weighted by Gasteiger charge is 2.36. The molecule has 0 radical (unpaired) electrons. The van der Waals surface area contributed by atoms with E-state index >= 15 is 0 Å². The van der Waals surface area contributed by atoms with Gasteiger partial charge in [0.2, 0.25) is 5.71 Å². The van der Waals surface area contributed by atoms with Crippen LogP contribution in [0.1, 0.15) is 34.6 Å². The zero-order valence-electron chi connectivity index (χ0n) is 18.2. The second-order valence-corrected chi connectivity index (χ2v) is 9.47. The predicted octanol–water partition coefficient (Wildman–Crippen LogP) is 3.95. The molecule has 0 spiro atoms. The maximum atomic E-state index is 12.6. The standard InChI is InChI=1S/C21H25N7O2S/c1-13-11-27(12-14(2)28(13)20(29)30-21(3,4)5)19-24-17-7-6-15(8-18(17)31-19)25-26-16(9-22)10-23/h6-8,13-14,25H,11-12H2,1-5H3/t13-,14+. The van der Waals surface area contributed by atoms with Gasteiger partial charge in [0.25, 0.3) is 0 Å². The van der Waals surface area contributed by atoms with E-state index in [9.17, 15) is 4.79 Å².